The molecular weight excluding hydrogens is 347 g/mol. The zero-order chi connectivity index (χ0) is 18.4. The van der Waals surface area contributed by atoms with Gasteiger partial charge in [0.2, 0.25) is 5.91 Å². The highest BCUT2D eigenvalue weighted by atomic mass is 32.2. The number of hydrogen-bond donors (Lipinski definition) is 1. The van der Waals surface area contributed by atoms with E-state index in [1.165, 1.54) is 26.3 Å². The van der Waals surface area contributed by atoms with Gasteiger partial charge in [-0.15, -0.1) is 0 Å². The Morgan fingerprint density at radius 1 is 1.20 bits per heavy atom. The molecule has 0 fully saturated rings. The number of carbonyl (C=O) groups is 1. The molecule has 0 radical (unpaired) electrons. The van der Waals surface area contributed by atoms with Gasteiger partial charge in [0, 0.05) is 13.5 Å². The second-order valence-electron chi connectivity index (χ2n) is 5.30. The lowest BCUT2D eigenvalue weighted by Crippen LogP contribution is -2.41. The summed E-state index contributed by atoms with van der Waals surface area (Å²) in [5.74, 6) is -1.09. The molecule has 2 aromatic rings. The number of ether oxygens (including phenoxy) is 1. The summed E-state index contributed by atoms with van der Waals surface area (Å²) in [7, 11) is -1.28. The number of anilines is 1. The number of para-hydroxylation sites is 1. The smallest absolute Gasteiger partial charge is 0.325 e. The van der Waals surface area contributed by atoms with E-state index in [-0.39, 0.29) is 18.6 Å². The van der Waals surface area contributed by atoms with Gasteiger partial charge < -0.3 is 4.74 Å². The van der Waals surface area contributed by atoms with Crippen molar-refractivity contribution in [3.63, 3.8) is 0 Å². The van der Waals surface area contributed by atoms with E-state index in [2.05, 4.69) is 0 Å². The molecule has 134 valence electrons. The molecule has 2 rings (SSSR count). The molecule has 8 heteroatoms. The highest BCUT2D eigenvalue weighted by Crippen LogP contribution is 2.18. The predicted octanol–water partition coefficient (Wildman–Crippen LogP) is 2.26. The minimum absolute atomic E-state index is 0.0897. The summed E-state index contributed by atoms with van der Waals surface area (Å²) < 4.78 is 45.8. The van der Waals surface area contributed by atoms with Gasteiger partial charge in [0.15, 0.2) is 11.6 Å². The normalized spacial score (nSPS) is 11.0. The second kappa shape index (κ2) is 7.98. The molecule has 2 aromatic carbocycles. The lowest BCUT2D eigenvalue weighted by molar-refractivity contribution is -0.119. The fourth-order valence-corrected chi connectivity index (χ4v) is 3.09. The first-order valence-corrected chi connectivity index (χ1v) is 8.94. The summed E-state index contributed by atoms with van der Waals surface area (Å²) >= 11 is 0. The molecular formula is C17H19FN2O4S. The van der Waals surface area contributed by atoms with Crippen LogP contribution in [0, 0.1) is 5.82 Å². The van der Waals surface area contributed by atoms with Crippen molar-refractivity contribution in [2.24, 2.45) is 0 Å². The van der Waals surface area contributed by atoms with Gasteiger partial charge in [-0.05, 0) is 36.2 Å². The van der Waals surface area contributed by atoms with Crippen LogP contribution >= 0.6 is 0 Å². The van der Waals surface area contributed by atoms with Gasteiger partial charge in [0.1, 0.15) is 0 Å². The van der Waals surface area contributed by atoms with Gasteiger partial charge >= 0.3 is 10.2 Å². The second-order valence-corrected chi connectivity index (χ2v) is 7.00. The van der Waals surface area contributed by atoms with Crippen molar-refractivity contribution in [1.82, 2.24) is 4.72 Å². The maximum absolute atomic E-state index is 13.6. The van der Waals surface area contributed by atoms with Crippen molar-refractivity contribution in [3.8, 4) is 5.75 Å². The first kappa shape index (κ1) is 18.7. The Bertz CT molecular complexity index is 841. The Kier molecular flexibility index (Phi) is 5.97. The number of hydrogen-bond acceptors (Lipinski definition) is 4. The first-order chi connectivity index (χ1) is 11.8. The quantitative estimate of drug-likeness (QED) is 0.816. The Morgan fingerprint density at radius 2 is 1.88 bits per heavy atom. The van der Waals surface area contributed by atoms with Crippen molar-refractivity contribution in [1.29, 1.82) is 0 Å². The van der Waals surface area contributed by atoms with Gasteiger partial charge in [-0.2, -0.15) is 8.42 Å². The van der Waals surface area contributed by atoms with Crippen molar-refractivity contribution in [2.75, 3.05) is 18.5 Å². The summed E-state index contributed by atoms with van der Waals surface area (Å²) in [5.41, 5.74) is 1.00. The van der Waals surface area contributed by atoms with Gasteiger partial charge in [0.05, 0.1) is 12.8 Å². The maximum atomic E-state index is 13.6. The number of rotatable bonds is 7. The molecule has 0 unspecified atom stereocenters. The van der Waals surface area contributed by atoms with E-state index in [1.807, 2.05) is 4.72 Å². The molecule has 0 aliphatic rings. The molecule has 0 spiro atoms. The third kappa shape index (κ3) is 4.93. The summed E-state index contributed by atoms with van der Waals surface area (Å²) in [4.78, 5) is 11.9. The summed E-state index contributed by atoms with van der Waals surface area (Å²) in [6.45, 7) is 0. The van der Waals surface area contributed by atoms with Crippen molar-refractivity contribution >= 4 is 21.8 Å². The topological polar surface area (TPSA) is 75.7 Å². The van der Waals surface area contributed by atoms with E-state index in [9.17, 15) is 17.6 Å². The first-order valence-electron chi connectivity index (χ1n) is 7.50. The van der Waals surface area contributed by atoms with Crippen LogP contribution in [0.2, 0.25) is 0 Å². The number of nitrogens with zero attached hydrogens (tertiary/aromatic N) is 1. The summed E-state index contributed by atoms with van der Waals surface area (Å²) in [5, 5.41) is 0. The lowest BCUT2D eigenvalue weighted by atomic mass is 10.1. The zero-order valence-corrected chi connectivity index (χ0v) is 14.7. The third-order valence-corrected chi connectivity index (χ3v) is 5.00. The fraction of sp³-hybridized carbons (Fsp3) is 0.235. The average Bonchev–Trinajstić information content (AvgIpc) is 2.59. The predicted molar refractivity (Wildman–Crippen MR) is 93.2 cm³/mol. The van der Waals surface area contributed by atoms with Crippen LogP contribution in [0.3, 0.4) is 0 Å². The Hall–Kier alpha value is -2.61. The van der Waals surface area contributed by atoms with Crippen molar-refractivity contribution in [3.05, 3.63) is 59.9 Å². The standard InChI is InChI=1S/C17H19FN2O4S/c1-20(14-6-4-3-5-7-14)25(22,23)19-17(21)11-9-13-8-10-16(24-2)15(18)12-13/h3-8,10,12H,9,11H2,1-2H3,(H,19,21). The van der Waals surface area contributed by atoms with Crippen LogP contribution in [-0.2, 0) is 21.4 Å². The summed E-state index contributed by atoms with van der Waals surface area (Å²) in [6.07, 6.45) is 0.116. The Morgan fingerprint density at radius 3 is 2.48 bits per heavy atom. The van der Waals surface area contributed by atoms with E-state index in [0.29, 0.717) is 11.3 Å². The van der Waals surface area contributed by atoms with Gasteiger partial charge in [0.25, 0.3) is 0 Å². The molecule has 6 nitrogen and oxygen atoms in total. The molecule has 25 heavy (non-hydrogen) atoms. The number of benzene rings is 2. The lowest BCUT2D eigenvalue weighted by Gasteiger charge is -2.19. The molecule has 0 bridgehead atoms. The Labute approximate surface area is 146 Å². The van der Waals surface area contributed by atoms with E-state index in [4.69, 9.17) is 4.74 Å². The van der Waals surface area contributed by atoms with Crippen LogP contribution in [0.15, 0.2) is 48.5 Å². The van der Waals surface area contributed by atoms with Crippen molar-refractivity contribution < 1.29 is 22.3 Å². The van der Waals surface area contributed by atoms with Gasteiger partial charge in [-0.3, -0.25) is 9.10 Å². The number of carbonyl (C=O) groups excluding carboxylic acids is 1. The van der Waals surface area contributed by atoms with Crippen molar-refractivity contribution in [2.45, 2.75) is 12.8 Å². The zero-order valence-electron chi connectivity index (χ0n) is 13.9. The molecule has 0 aliphatic heterocycles. The van der Waals surface area contributed by atoms with E-state index < -0.39 is 21.9 Å². The number of aryl methyl sites for hydroxylation is 1. The summed E-state index contributed by atoms with van der Waals surface area (Å²) in [6, 6.07) is 12.7. The number of nitrogens with one attached hydrogen (secondary N) is 1. The van der Waals surface area contributed by atoms with Gasteiger partial charge in [-0.1, -0.05) is 24.3 Å². The van der Waals surface area contributed by atoms with Crippen LogP contribution < -0.4 is 13.8 Å². The number of methoxy groups -OCH3 is 1. The minimum atomic E-state index is -4.00. The van der Waals surface area contributed by atoms with E-state index >= 15 is 0 Å². The molecule has 0 aromatic heterocycles. The fourth-order valence-electron chi connectivity index (χ4n) is 2.16. The molecule has 0 atom stereocenters. The molecule has 0 aliphatic carbocycles. The molecule has 1 amide bonds. The van der Waals surface area contributed by atoms with Crippen LogP contribution in [0.25, 0.3) is 0 Å². The van der Waals surface area contributed by atoms with Crippen LogP contribution in [0.4, 0.5) is 10.1 Å². The highest BCUT2D eigenvalue weighted by molar-refractivity contribution is 7.91. The average molecular weight is 366 g/mol. The molecule has 0 saturated heterocycles. The monoisotopic (exact) mass is 366 g/mol. The maximum Gasteiger partial charge on any atom is 0.325 e. The Balaban J connectivity index is 1.96. The number of amides is 1. The highest BCUT2D eigenvalue weighted by Gasteiger charge is 2.20. The largest absolute Gasteiger partial charge is 0.494 e. The van der Waals surface area contributed by atoms with Gasteiger partial charge in [-0.25, -0.2) is 9.11 Å². The molecule has 0 heterocycles. The molecule has 0 saturated carbocycles. The third-order valence-electron chi connectivity index (χ3n) is 3.58. The SMILES string of the molecule is COc1ccc(CCC(=O)NS(=O)(=O)N(C)c2ccccc2)cc1F. The minimum Gasteiger partial charge on any atom is -0.494 e. The van der Waals surface area contributed by atoms with Crippen LogP contribution in [0.5, 0.6) is 5.75 Å². The van der Waals surface area contributed by atoms with Crippen LogP contribution in [-0.4, -0.2) is 28.5 Å². The number of halogens is 1. The van der Waals surface area contributed by atoms with Crippen LogP contribution in [0.1, 0.15) is 12.0 Å². The molecule has 1 N–H and O–H groups in total. The van der Waals surface area contributed by atoms with E-state index in [1.54, 1.807) is 36.4 Å². The van der Waals surface area contributed by atoms with E-state index in [0.717, 1.165) is 4.31 Å².